The van der Waals surface area contributed by atoms with Crippen molar-refractivity contribution in [3.8, 4) is 11.5 Å². The number of aromatic carboxylic acids is 1. The normalized spacial score (nSPS) is 11.0. The molecule has 7 nitrogen and oxygen atoms in total. The van der Waals surface area contributed by atoms with Crippen LogP contribution in [-0.2, 0) is 10.0 Å². The summed E-state index contributed by atoms with van der Waals surface area (Å²) >= 11 is 0. The monoisotopic (exact) mass is 431 g/mol. The molecule has 2 N–H and O–H groups in total. The first-order valence-electron chi connectivity index (χ1n) is 8.81. The summed E-state index contributed by atoms with van der Waals surface area (Å²) in [4.78, 5) is 10.8. The second-order valence-electron chi connectivity index (χ2n) is 6.08. The van der Waals surface area contributed by atoms with Gasteiger partial charge in [0.15, 0.2) is 0 Å². The molecule has 0 aliphatic rings. The summed E-state index contributed by atoms with van der Waals surface area (Å²) < 4.78 is 51.6. The molecule has 0 unspecified atom stereocenters. The third-order valence-electron chi connectivity index (χ3n) is 3.97. The quantitative estimate of drug-likeness (QED) is 0.500. The molecule has 0 spiro atoms. The Morgan fingerprint density at radius 2 is 1.53 bits per heavy atom. The van der Waals surface area contributed by atoms with Gasteiger partial charge in [-0.2, -0.15) is 0 Å². The van der Waals surface area contributed by atoms with Gasteiger partial charge < -0.3 is 14.6 Å². The van der Waals surface area contributed by atoms with E-state index in [1.165, 1.54) is 36.4 Å². The molecule has 0 heterocycles. The lowest BCUT2D eigenvalue weighted by Crippen LogP contribution is -2.15. The van der Waals surface area contributed by atoms with Gasteiger partial charge in [-0.15, -0.1) is 0 Å². The number of nitrogens with one attached hydrogen (secondary N) is 1. The molecule has 0 aliphatic heterocycles. The molecule has 0 fully saturated rings. The summed E-state index contributed by atoms with van der Waals surface area (Å²) in [6.07, 6.45) is 0. The van der Waals surface area contributed by atoms with Crippen molar-refractivity contribution in [2.75, 3.05) is 17.9 Å². The Morgan fingerprint density at radius 1 is 0.900 bits per heavy atom. The molecule has 0 saturated carbocycles. The second kappa shape index (κ2) is 9.27. The van der Waals surface area contributed by atoms with Crippen LogP contribution in [0.15, 0.2) is 77.7 Å². The van der Waals surface area contributed by atoms with Crippen molar-refractivity contribution in [3.05, 3.63) is 84.2 Å². The molecule has 156 valence electrons. The maximum atomic E-state index is 13.0. The summed E-state index contributed by atoms with van der Waals surface area (Å²) in [7, 11) is -3.91. The van der Waals surface area contributed by atoms with E-state index in [-0.39, 0.29) is 29.4 Å². The van der Waals surface area contributed by atoms with E-state index in [0.717, 1.165) is 12.1 Å². The van der Waals surface area contributed by atoms with Crippen LogP contribution in [0.5, 0.6) is 11.5 Å². The zero-order valence-corrected chi connectivity index (χ0v) is 16.4. The fourth-order valence-corrected chi connectivity index (χ4v) is 3.57. The fraction of sp³-hybridized carbons (Fsp3) is 0.0952. The number of para-hydroxylation sites is 2. The average Bonchev–Trinajstić information content (AvgIpc) is 2.73. The van der Waals surface area contributed by atoms with Crippen LogP contribution in [0, 0.1) is 5.82 Å². The van der Waals surface area contributed by atoms with Gasteiger partial charge in [0.25, 0.3) is 10.0 Å². The Hall–Kier alpha value is -3.59. The van der Waals surface area contributed by atoms with E-state index in [4.69, 9.17) is 14.6 Å². The molecule has 3 rings (SSSR count). The topological polar surface area (TPSA) is 102 Å². The molecule has 0 amide bonds. The number of rotatable bonds is 9. The van der Waals surface area contributed by atoms with Gasteiger partial charge in [0.1, 0.15) is 30.5 Å². The number of ether oxygens (including phenoxy) is 2. The number of halogens is 1. The van der Waals surface area contributed by atoms with E-state index < -0.39 is 21.8 Å². The van der Waals surface area contributed by atoms with E-state index in [1.54, 1.807) is 24.3 Å². The van der Waals surface area contributed by atoms with Crippen LogP contribution in [0.3, 0.4) is 0 Å². The Bertz CT molecular complexity index is 1110. The molecule has 0 saturated heterocycles. The molecule has 0 bridgehead atoms. The highest BCUT2D eigenvalue weighted by atomic mass is 32.2. The van der Waals surface area contributed by atoms with E-state index in [1.807, 2.05) is 0 Å². The lowest BCUT2D eigenvalue weighted by atomic mass is 10.2. The number of carboxylic acid groups (broad SMARTS) is 1. The SMILES string of the molecule is O=C(O)c1ccc(OCCOc2ccccc2NS(=O)(=O)c2ccc(F)cc2)cc1. The number of carboxylic acids is 1. The lowest BCUT2D eigenvalue weighted by molar-refractivity contribution is 0.0697. The number of sulfonamides is 1. The van der Waals surface area contributed by atoms with Crippen LogP contribution < -0.4 is 14.2 Å². The summed E-state index contributed by atoms with van der Waals surface area (Å²) in [6.45, 7) is 0.279. The zero-order valence-electron chi connectivity index (χ0n) is 15.6. The van der Waals surface area contributed by atoms with Crippen molar-refractivity contribution in [2.24, 2.45) is 0 Å². The van der Waals surface area contributed by atoms with Crippen molar-refractivity contribution < 1.29 is 32.2 Å². The van der Waals surface area contributed by atoms with Gasteiger partial charge in [0.2, 0.25) is 0 Å². The zero-order chi connectivity index (χ0) is 21.6. The Kier molecular flexibility index (Phi) is 6.53. The van der Waals surface area contributed by atoms with E-state index in [0.29, 0.717) is 11.5 Å². The van der Waals surface area contributed by atoms with E-state index >= 15 is 0 Å². The first-order valence-corrected chi connectivity index (χ1v) is 10.3. The van der Waals surface area contributed by atoms with Crippen molar-refractivity contribution in [1.82, 2.24) is 0 Å². The van der Waals surface area contributed by atoms with Gasteiger partial charge in [-0.05, 0) is 60.7 Å². The molecular weight excluding hydrogens is 413 g/mol. The van der Waals surface area contributed by atoms with Crippen LogP contribution in [0.2, 0.25) is 0 Å². The molecule has 0 aliphatic carbocycles. The van der Waals surface area contributed by atoms with Crippen LogP contribution in [0.25, 0.3) is 0 Å². The summed E-state index contributed by atoms with van der Waals surface area (Å²) in [5, 5.41) is 8.88. The van der Waals surface area contributed by atoms with Crippen LogP contribution in [-0.4, -0.2) is 32.7 Å². The first kappa shape index (κ1) is 21.1. The molecular formula is C21H18FNO6S. The highest BCUT2D eigenvalue weighted by molar-refractivity contribution is 7.92. The van der Waals surface area contributed by atoms with Crippen LogP contribution in [0.1, 0.15) is 10.4 Å². The van der Waals surface area contributed by atoms with Gasteiger partial charge in [0, 0.05) is 0 Å². The minimum atomic E-state index is -3.91. The van der Waals surface area contributed by atoms with E-state index in [9.17, 15) is 17.6 Å². The third-order valence-corrected chi connectivity index (χ3v) is 5.35. The highest BCUT2D eigenvalue weighted by Crippen LogP contribution is 2.26. The molecule has 9 heteroatoms. The highest BCUT2D eigenvalue weighted by Gasteiger charge is 2.16. The van der Waals surface area contributed by atoms with Crippen molar-refractivity contribution in [3.63, 3.8) is 0 Å². The molecule has 30 heavy (non-hydrogen) atoms. The molecule has 0 aromatic heterocycles. The van der Waals surface area contributed by atoms with Crippen molar-refractivity contribution >= 4 is 21.7 Å². The van der Waals surface area contributed by atoms with Gasteiger partial charge >= 0.3 is 5.97 Å². The van der Waals surface area contributed by atoms with Gasteiger partial charge in [-0.1, -0.05) is 12.1 Å². The largest absolute Gasteiger partial charge is 0.490 e. The number of hydrogen-bond acceptors (Lipinski definition) is 5. The third kappa shape index (κ3) is 5.48. The predicted octanol–water partition coefficient (Wildman–Crippen LogP) is 3.78. The van der Waals surface area contributed by atoms with E-state index in [2.05, 4.69) is 4.72 Å². The fourth-order valence-electron chi connectivity index (χ4n) is 2.50. The summed E-state index contributed by atoms with van der Waals surface area (Å²) in [5.74, 6) is -0.776. The predicted molar refractivity (Wildman–Crippen MR) is 108 cm³/mol. The van der Waals surface area contributed by atoms with Gasteiger partial charge in [-0.3, -0.25) is 4.72 Å². The maximum Gasteiger partial charge on any atom is 0.335 e. The Labute approximate surface area is 172 Å². The summed E-state index contributed by atoms with van der Waals surface area (Å²) in [5.41, 5.74) is 0.383. The number of carbonyl (C=O) groups is 1. The molecule has 3 aromatic rings. The number of hydrogen-bond donors (Lipinski definition) is 2. The Morgan fingerprint density at radius 3 is 2.20 bits per heavy atom. The minimum absolute atomic E-state index is 0.0770. The van der Waals surface area contributed by atoms with Crippen molar-refractivity contribution in [2.45, 2.75) is 4.90 Å². The first-order chi connectivity index (χ1) is 14.3. The lowest BCUT2D eigenvalue weighted by Gasteiger charge is -2.14. The minimum Gasteiger partial charge on any atom is -0.490 e. The van der Waals surface area contributed by atoms with Crippen LogP contribution >= 0.6 is 0 Å². The molecule has 0 radical (unpaired) electrons. The summed E-state index contributed by atoms with van der Waals surface area (Å²) in [6, 6.07) is 16.9. The van der Waals surface area contributed by atoms with Gasteiger partial charge in [-0.25, -0.2) is 17.6 Å². The number of anilines is 1. The average molecular weight is 431 g/mol. The second-order valence-corrected chi connectivity index (χ2v) is 7.76. The molecule has 0 atom stereocenters. The smallest absolute Gasteiger partial charge is 0.335 e. The number of benzene rings is 3. The Balaban J connectivity index is 1.60. The standard InChI is InChI=1S/C21H18FNO6S/c22-16-7-11-18(12-8-16)30(26,27)23-19-3-1-2-4-20(19)29-14-13-28-17-9-5-15(6-10-17)21(24)25/h1-12,23H,13-14H2,(H,24,25). The van der Waals surface area contributed by atoms with Gasteiger partial charge in [0.05, 0.1) is 16.1 Å². The van der Waals surface area contributed by atoms with Crippen LogP contribution in [0.4, 0.5) is 10.1 Å². The van der Waals surface area contributed by atoms with Crippen molar-refractivity contribution in [1.29, 1.82) is 0 Å². The molecule has 3 aromatic carbocycles. The maximum absolute atomic E-state index is 13.0.